The summed E-state index contributed by atoms with van der Waals surface area (Å²) >= 11 is 0. The summed E-state index contributed by atoms with van der Waals surface area (Å²) in [5.41, 5.74) is 0. The van der Waals surface area contributed by atoms with Crippen LogP contribution in [0.4, 0.5) is 70.2 Å². The number of alkyl halides is 16. The van der Waals surface area contributed by atoms with Crippen LogP contribution in [-0.4, -0.2) is 109 Å². The van der Waals surface area contributed by atoms with E-state index >= 15 is 0 Å². The molecule has 0 aliphatic rings. The molecule has 0 saturated heterocycles. The summed E-state index contributed by atoms with van der Waals surface area (Å²) in [6.07, 6.45) is -10.8. The predicted molar refractivity (Wildman–Crippen MR) is 93.3 cm³/mol. The average molecular weight is 668 g/mol. The minimum absolute atomic E-state index is 0.139. The van der Waals surface area contributed by atoms with Crippen molar-refractivity contribution in [2.45, 2.75) is 61.4 Å². The Labute approximate surface area is 207 Å². The molecular formula is C13H16F16O8S2. The quantitative estimate of drug-likeness (QED) is 0.193. The van der Waals surface area contributed by atoms with Gasteiger partial charge < -0.3 is 10.2 Å². The van der Waals surface area contributed by atoms with E-state index in [1.165, 1.54) is 6.92 Å². The zero-order valence-electron chi connectivity index (χ0n) is 18.1. The molecule has 0 bridgehead atoms. The summed E-state index contributed by atoms with van der Waals surface area (Å²) in [5, 5.41) is 16.0. The van der Waals surface area contributed by atoms with Crippen LogP contribution in [0.2, 0.25) is 0 Å². The van der Waals surface area contributed by atoms with Crippen LogP contribution in [0.15, 0.2) is 0 Å². The lowest BCUT2D eigenvalue weighted by Gasteiger charge is -2.31. The largest absolute Gasteiger partial charge is 0.394 e. The van der Waals surface area contributed by atoms with Crippen molar-refractivity contribution in [1.29, 1.82) is 0 Å². The molecule has 39 heavy (non-hydrogen) atoms. The molecule has 26 heteroatoms. The molecule has 0 radical (unpaired) electrons. The summed E-state index contributed by atoms with van der Waals surface area (Å²) in [6.45, 7) is 1.39. The Bertz CT molecular complexity index is 893. The second-order valence-electron chi connectivity index (χ2n) is 6.89. The van der Waals surface area contributed by atoms with Gasteiger partial charge in [0.15, 0.2) is 0 Å². The van der Waals surface area contributed by atoms with E-state index in [-0.39, 0.29) is 6.61 Å². The van der Waals surface area contributed by atoms with Crippen LogP contribution in [0.1, 0.15) is 6.92 Å². The number of hydrogen-bond acceptors (Lipinski definition) is 6. The fourth-order valence-corrected chi connectivity index (χ4v) is 2.68. The third kappa shape index (κ3) is 11.9. The maximum Gasteiger partial charge on any atom is 0.379 e. The molecule has 0 amide bonds. The molecule has 240 valence electrons. The maximum absolute atomic E-state index is 12.5. The Morgan fingerprint density at radius 3 is 0.872 bits per heavy atom. The summed E-state index contributed by atoms with van der Waals surface area (Å²) in [4.78, 5) is 0. The van der Waals surface area contributed by atoms with Crippen molar-refractivity contribution >= 4 is 20.2 Å². The number of aliphatic hydroxyl groups excluding tert-OH is 2. The lowest BCUT2D eigenvalue weighted by molar-refractivity contribution is -0.332. The van der Waals surface area contributed by atoms with Gasteiger partial charge in [0.1, 0.15) is 11.5 Å². The third-order valence-corrected chi connectivity index (χ3v) is 4.75. The van der Waals surface area contributed by atoms with Gasteiger partial charge in [0, 0.05) is 0 Å². The van der Waals surface area contributed by atoms with E-state index in [0.717, 1.165) is 0 Å². The van der Waals surface area contributed by atoms with Crippen molar-refractivity contribution in [2.24, 2.45) is 0 Å². The van der Waals surface area contributed by atoms with Gasteiger partial charge in [-0.2, -0.15) is 69.5 Å². The SMILES string of the molecule is CC(O)CO.O=S(=O)(O)CC(F)(F)C(F)(F)C(F)(F)C(F)F.O=S(=O)(O)CC(F)(F)C(F)(F)C(F)(F)C(F)F. The standard InChI is InChI=1S/2C5H4F8O3S.C3H8O2/c2*6-2(7)4(10,11)5(12,13)3(8,9)1-17(14,15)16;1-3(5)2-4/h2*2H,1H2,(H,14,15,16);3-5H,2H2,1H3. The van der Waals surface area contributed by atoms with E-state index in [1.54, 1.807) is 0 Å². The highest BCUT2D eigenvalue weighted by atomic mass is 32.2. The van der Waals surface area contributed by atoms with Gasteiger partial charge in [-0.05, 0) is 6.92 Å². The van der Waals surface area contributed by atoms with Gasteiger partial charge in [-0.25, -0.2) is 17.6 Å². The molecule has 1 unspecified atom stereocenters. The highest BCUT2D eigenvalue weighted by molar-refractivity contribution is 7.86. The fraction of sp³-hybridized carbons (Fsp3) is 1.00. The van der Waals surface area contributed by atoms with Crippen molar-refractivity contribution in [2.75, 3.05) is 18.1 Å². The number of aliphatic hydroxyl groups is 2. The van der Waals surface area contributed by atoms with Crippen molar-refractivity contribution in [1.82, 2.24) is 0 Å². The summed E-state index contributed by atoms with van der Waals surface area (Å²) in [6, 6.07) is 0. The van der Waals surface area contributed by atoms with Crippen LogP contribution in [0.5, 0.6) is 0 Å². The maximum atomic E-state index is 12.5. The zero-order valence-corrected chi connectivity index (χ0v) is 19.8. The average Bonchev–Trinajstić information content (AvgIpc) is 2.64. The molecule has 0 spiro atoms. The number of hydrogen-bond donors (Lipinski definition) is 4. The van der Waals surface area contributed by atoms with E-state index in [4.69, 9.17) is 19.3 Å². The first-order chi connectivity index (χ1) is 16.6. The van der Waals surface area contributed by atoms with Crippen molar-refractivity contribution in [3.05, 3.63) is 0 Å². The third-order valence-electron chi connectivity index (χ3n) is 3.30. The molecule has 8 nitrogen and oxygen atoms in total. The van der Waals surface area contributed by atoms with Gasteiger partial charge in [0.2, 0.25) is 0 Å². The Hall–Kier alpha value is -1.38. The van der Waals surface area contributed by atoms with E-state index in [0.29, 0.717) is 0 Å². The molecule has 0 aliphatic heterocycles. The van der Waals surface area contributed by atoms with Gasteiger partial charge in [-0.3, -0.25) is 9.11 Å². The summed E-state index contributed by atoms with van der Waals surface area (Å²) < 4.78 is 249. The van der Waals surface area contributed by atoms with E-state index in [2.05, 4.69) is 0 Å². The van der Waals surface area contributed by atoms with Gasteiger partial charge in [-0.15, -0.1) is 0 Å². The first-order valence-electron chi connectivity index (χ1n) is 8.59. The Kier molecular flexibility index (Phi) is 14.6. The van der Waals surface area contributed by atoms with Crippen LogP contribution >= 0.6 is 0 Å². The van der Waals surface area contributed by atoms with Crippen LogP contribution in [-0.2, 0) is 20.2 Å². The molecule has 0 saturated carbocycles. The molecule has 0 aromatic rings. The van der Waals surface area contributed by atoms with Crippen molar-refractivity contribution in [3.63, 3.8) is 0 Å². The molecule has 0 fully saturated rings. The van der Waals surface area contributed by atoms with Gasteiger partial charge in [0.25, 0.3) is 20.2 Å². The molecule has 0 heterocycles. The van der Waals surface area contributed by atoms with Gasteiger partial charge >= 0.3 is 48.4 Å². The molecule has 4 N–H and O–H groups in total. The lowest BCUT2D eigenvalue weighted by atomic mass is 10.1. The monoisotopic (exact) mass is 668 g/mol. The molecule has 0 aromatic carbocycles. The highest BCUT2D eigenvalue weighted by Gasteiger charge is 2.77. The topological polar surface area (TPSA) is 149 Å². The molecule has 0 rings (SSSR count). The fourth-order valence-electron chi connectivity index (χ4n) is 1.40. The first-order valence-corrected chi connectivity index (χ1v) is 11.8. The van der Waals surface area contributed by atoms with Crippen molar-refractivity contribution in [3.8, 4) is 0 Å². The Morgan fingerprint density at radius 2 is 0.769 bits per heavy atom. The lowest BCUT2D eigenvalue weighted by Crippen LogP contribution is -2.59. The Morgan fingerprint density at radius 1 is 0.590 bits per heavy atom. The second kappa shape index (κ2) is 13.5. The van der Waals surface area contributed by atoms with Crippen molar-refractivity contribution < 1.29 is 106 Å². The second-order valence-corrected chi connectivity index (χ2v) is 9.79. The van der Waals surface area contributed by atoms with Gasteiger partial charge in [0.05, 0.1) is 12.7 Å². The number of halogens is 16. The Balaban J connectivity index is -0.000000566. The van der Waals surface area contributed by atoms with Crippen LogP contribution in [0.3, 0.4) is 0 Å². The van der Waals surface area contributed by atoms with E-state index in [1.807, 2.05) is 0 Å². The van der Waals surface area contributed by atoms with E-state index < -0.39 is 86.2 Å². The minimum Gasteiger partial charge on any atom is -0.394 e. The van der Waals surface area contributed by atoms with Crippen LogP contribution in [0, 0.1) is 0 Å². The van der Waals surface area contributed by atoms with Crippen LogP contribution < -0.4 is 0 Å². The molecular weight excluding hydrogens is 652 g/mol. The minimum atomic E-state index is -6.63. The normalized spacial score (nSPS) is 15.4. The summed E-state index contributed by atoms with van der Waals surface area (Å²) in [7, 11) is -11.5. The predicted octanol–water partition coefficient (Wildman–Crippen LogP) is 3.45. The molecule has 0 aliphatic carbocycles. The number of rotatable bonds is 11. The van der Waals surface area contributed by atoms with Gasteiger partial charge in [-0.1, -0.05) is 0 Å². The molecule has 0 aromatic heterocycles. The van der Waals surface area contributed by atoms with E-state index in [9.17, 15) is 87.1 Å². The van der Waals surface area contributed by atoms with Crippen LogP contribution in [0.25, 0.3) is 0 Å². The molecule has 1 atom stereocenters. The summed E-state index contributed by atoms with van der Waals surface area (Å²) in [5.74, 6) is -44.5. The smallest absolute Gasteiger partial charge is 0.379 e. The first kappa shape index (κ1) is 42.1. The zero-order chi connectivity index (χ0) is 32.9. The highest BCUT2D eigenvalue weighted by Crippen LogP contribution is 2.50.